The van der Waals surface area contributed by atoms with Gasteiger partial charge in [-0.05, 0) is 22.8 Å². The quantitative estimate of drug-likeness (QED) is 0.675. The number of hydrogen-bond donors (Lipinski definition) is 2. The second-order valence-electron chi connectivity index (χ2n) is 5.88. The van der Waals surface area contributed by atoms with Crippen molar-refractivity contribution in [2.75, 3.05) is 14.2 Å². The van der Waals surface area contributed by atoms with Crippen LogP contribution in [0.2, 0.25) is 5.02 Å². The van der Waals surface area contributed by atoms with E-state index in [0.29, 0.717) is 23.7 Å². The van der Waals surface area contributed by atoms with Gasteiger partial charge in [-0.15, -0.1) is 0 Å². The van der Waals surface area contributed by atoms with Crippen molar-refractivity contribution in [2.45, 2.75) is 25.6 Å². The Morgan fingerprint density at radius 3 is 2.37 bits per heavy atom. The first-order chi connectivity index (χ1) is 13.0. The first-order valence-electron chi connectivity index (χ1n) is 8.46. The Hall–Kier alpha value is -2.57. The SMILES string of the molecule is COCc1ccccc1CNC(=O)NC(CC(=O)OC)c1ccccc1Cl. The van der Waals surface area contributed by atoms with Crippen LogP contribution >= 0.6 is 11.6 Å². The van der Waals surface area contributed by atoms with Crippen molar-refractivity contribution in [1.82, 2.24) is 10.6 Å². The second kappa shape index (κ2) is 10.5. The lowest BCUT2D eigenvalue weighted by molar-refractivity contribution is -0.141. The van der Waals surface area contributed by atoms with E-state index in [4.69, 9.17) is 21.1 Å². The van der Waals surface area contributed by atoms with Gasteiger partial charge in [0.05, 0.1) is 26.2 Å². The summed E-state index contributed by atoms with van der Waals surface area (Å²) in [6, 6.07) is 13.7. The maximum atomic E-state index is 12.4. The van der Waals surface area contributed by atoms with E-state index in [0.717, 1.165) is 11.1 Å². The molecule has 0 aliphatic heterocycles. The molecule has 2 aromatic carbocycles. The number of carbonyl (C=O) groups is 2. The smallest absolute Gasteiger partial charge is 0.315 e. The minimum atomic E-state index is -0.597. The van der Waals surface area contributed by atoms with E-state index >= 15 is 0 Å². The minimum Gasteiger partial charge on any atom is -0.469 e. The van der Waals surface area contributed by atoms with E-state index in [-0.39, 0.29) is 6.42 Å². The molecule has 0 bridgehead atoms. The van der Waals surface area contributed by atoms with Crippen molar-refractivity contribution in [3.8, 4) is 0 Å². The third-order valence-corrected chi connectivity index (χ3v) is 4.39. The van der Waals surface area contributed by atoms with E-state index in [1.807, 2.05) is 24.3 Å². The van der Waals surface area contributed by atoms with Crippen molar-refractivity contribution >= 4 is 23.6 Å². The van der Waals surface area contributed by atoms with Crippen molar-refractivity contribution in [3.05, 3.63) is 70.2 Å². The Balaban J connectivity index is 2.05. The maximum Gasteiger partial charge on any atom is 0.315 e. The third kappa shape index (κ3) is 6.27. The molecule has 0 saturated heterocycles. The van der Waals surface area contributed by atoms with Crippen LogP contribution in [0.15, 0.2) is 48.5 Å². The van der Waals surface area contributed by atoms with Crippen LogP contribution < -0.4 is 10.6 Å². The molecular formula is C20H23ClN2O4. The minimum absolute atomic E-state index is 0.0199. The van der Waals surface area contributed by atoms with E-state index in [9.17, 15) is 9.59 Å². The van der Waals surface area contributed by atoms with Gasteiger partial charge in [-0.3, -0.25) is 4.79 Å². The average molecular weight is 391 g/mol. The molecule has 27 heavy (non-hydrogen) atoms. The number of esters is 1. The molecule has 0 aliphatic rings. The molecule has 6 nitrogen and oxygen atoms in total. The molecule has 144 valence electrons. The molecule has 2 rings (SSSR count). The fourth-order valence-electron chi connectivity index (χ4n) is 2.66. The molecule has 0 radical (unpaired) electrons. The van der Waals surface area contributed by atoms with Gasteiger partial charge in [-0.1, -0.05) is 54.1 Å². The van der Waals surface area contributed by atoms with Gasteiger partial charge in [-0.2, -0.15) is 0 Å². The molecule has 1 atom stereocenters. The maximum absolute atomic E-state index is 12.4. The van der Waals surface area contributed by atoms with Gasteiger partial charge in [0.2, 0.25) is 0 Å². The summed E-state index contributed by atoms with van der Waals surface area (Å²) in [6.45, 7) is 0.795. The molecule has 0 heterocycles. The summed E-state index contributed by atoms with van der Waals surface area (Å²) >= 11 is 6.22. The molecule has 0 aliphatic carbocycles. The largest absolute Gasteiger partial charge is 0.469 e. The topological polar surface area (TPSA) is 76.7 Å². The first-order valence-corrected chi connectivity index (χ1v) is 8.84. The number of hydrogen-bond acceptors (Lipinski definition) is 4. The molecule has 7 heteroatoms. The molecule has 2 N–H and O–H groups in total. The Bertz CT molecular complexity index is 782. The predicted octanol–water partition coefficient (Wildman–Crippen LogP) is 3.59. The lowest BCUT2D eigenvalue weighted by atomic mass is 10.0. The van der Waals surface area contributed by atoms with Crippen molar-refractivity contribution in [3.63, 3.8) is 0 Å². The lowest BCUT2D eigenvalue weighted by Gasteiger charge is -2.20. The Morgan fingerprint density at radius 1 is 1.04 bits per heavy atom. The highest BCUT2D eigenvalue weighted by atomic mass is 35.5. The van der Waals surface area contributed by atoms with E-state index < -0.39 is 18.0 Å². The normalized spacial score (nSPS) is 11.5. The van der Waals surface area contributed by atoms with Crippen molar-refractivity contribution < 1.29 is 19.1 Å². The number of amides is 2. The summed E-state index contributed by atoms with van der Waals surface area (Å²) in [7, 11) is 2.93. The average Bonchev–Trinajstić information content (AvgIpc) is 2.67. The first kappa shape index (κ1) is 20.7. The number of carbonyl (C=O) groups excluding carboxylic acids is 2. The molecule has 0 spiro atoms. The fraction of sp³-hybridized carbons (Fsp3) is 0.300. The van der Waals surface area contributed by atoms with Gasteiger partial charge in [0.25, 0.3) is 0 Å². The van der Waals surface area contributed by atoms with Crippen LogP contribution in [-0.4, -0.2) is 26.2 Å². The number of urea groups is 1. The molecular weight excluding hydrogens is 368 g/mol. The zero-order chi connectivity index (χ0) is 19.6. The number of halogens is 1. The summed E-state index contributed by atoms with van der Waals surface area (Å²) in [5.74, 6) is -0.439. The monoisotopic (exact) mass is 390 g/mol. The van der Waals surface area contributed by atoms with E-state index in [2.05, 4.69) is 10.6 Å². The molecule has 0 aromatic heterocycles. The van der Waals surface area contributed by atoms with Crippen LogP contribution in [0.3, 0.4) is 0 Å². The number of nitrogens with one attached hydrogen (secondary N) is 2. The van der Waals surface area contributed by atoms with Gasteiger partial charge >= 0.3 is 12.0 Å². The summed E-state index contributed by atoms with van der Waals surface area (Å²) < 4.78 is 9.90. The van der Waals surface area contributed by atoms with E-state index in [1.165, 1.54) is 7.11 Å². The van der Waals surface area contributed by atoms with Gasteiger partial charge < -0.3 is 20.1 Å². The summed E-state index contributed by atoms with van der Waals surface area (Å²) in [5, 5.41) is 6.07. The molecule has 2 aromatic rings. The molecule has 2 amide bonds. The summed E-state index contributed by atoms with van der Waals surface area (Å²) in [6.07, 6.45) is -0.0199. The van der Waals surface area contributed by atoms with Crippen LogP contribution in [0.25, 0.3) is 0 Å². The zero-order valence-corrected chi connectivity index (χ0v) is 16.1. The van der Waals surface area contributed by atoms with E-state index in [1.54, 1.807) is 31.4 Å². The van der Waals surface area contributed by atoms with Gasteiger partial charge in [0.1, 0.15) is 0 Å². The van der Waals surface area contributed by atoms with Gasteiger partial charge in [-0.25, -0.2) is 4.79 Å². The van der Waals surface area contributed by atoms with Crippen molar-refractivity contribution in [2.24, 2.45) is 0 Å². The number of benzene rings is 2. The number of rotatable bonds is 8. The fourth-order valence-corrected chi connectivity index (χ4v) is 2.92. The van der Waals surface area contributed by atoms with Crippen LogP contribution in [0, 0.1) is 0 Å². The number of ether oxygens (including phenoxy) is 2. The second-order valence-corrected chi connectivity index (χ2v) is 6.29. The van der Waals surface area contributed by atoms with Crippen LogP contribution in [-0.2, 0) is 27.4 Å². The highest BCUT2D eigenvalue weighted by molar-refractivity contribution is 6.31. The Labute approximate surface area is 163 Å². The predicted molar refractivity (Wildman–Crippen MR) is 103 cm³/mol. The van der Waals surface area contributed by atoms with Crippen molar-refractivity contribution in [1.29, 1.82) is 0 Å². The van der Waals surface area contributed by atoms with Gasteiger partial charge in [0, 0.05) is 18.7 Å². The highest BCUT2D eigenvalue weighted by Crippen LogP contribution is 2.25. The third-order valence-electron chi connectivity index (χ3n) is 4.04. The molecule has 1 unspecified atom stereocenters. The standard InChI is InChI=1S/C20H23ClN2O4/c1-26-13-15-8-4-3-7-14(15)12-22-20(25)23-18(11-19(24)27-2)16-9-5-6-10-17(16)21/h3-10,18H,11-13H2,1-2H3,(H2,22,23,25). The van der Waals surface area contributed by atoms with Crippen LogP contribution in [0.5, 0.6) is 0 Å². The Morgan fingerprint density at radius 2 is 1.70 bits per heavy atom. The number of methoxy groups -OCH3 is 2. The van der Waals surface area contributed by atoms with Gasteiger partial charge in [0.15, 0.2) is 0 Å². The summed E-state index contributed by atoms with van der Waals surface area (Å²) in [5.41, 5.74) is 2.61. The lowest BCUT2D eigenvalue weighted by Crippen LogP contribution is -2.38. The highest BCUT2D eigenvalue weighted by Gasteiger charge is 2.21. The molecule has 0 fully saturated rings. The van der Waals surface area contributed by atoms with Crippen LogP contribution in [0.4, 0.5) is 4.79 Å². The summed E-state index contributed by atoms with van der Waals surface area (Å²) in [4.78, 5) is 24.1. The Kier molecular flexibility index (Phi) is 8.10. The molecule has 0 saturated carbocycles. The zero-order valence-electron chi connectivity index (χ0n) is 15.3. The van der Waals surface area contributed by atoms with Crippen LogP contribution in [0.1, 0.15) is 29.2 Å².